The zero-order valence-electron chi connectivity index (χ0n) is 10.3. The molecule has 17 heavy (non-hydrogen) atoms. The molecule has 2 heteroatoms. The number of fused-ring (bicyclic) bond motifs is 1. The fourth-order valence-corrected chi connectivity index (χ4v) is 2.69. The molecule has 0 bridgehead atoms. The van der Waals surface area contributed by atoms with E-state index in [1.54, 1.807) is 0 Å². The van der Waals surface area contributed by atoms with Crippen molar-refractivity contribution in [3.63, 3.8) is 0 Å². The smallest absolute Gasteiger partial charge is 0.222 e. The summed E-state index contributed by atoms with van der Waals surface area (Å²) in [5.74, 6) is 0. The quantitative estimate of drug-likeness (QED) is 0.544. The molecule has 0 aliphatic rings. The molecule has 0 spiro atoms. The molecule has 2 aromatic rings. The summed E-state index contributed by atoms with van der Waals surface area (Å²) < 4.78 is 0.110. The lowest BCUT2D eigenvalue weighted by molar-refractivity contribution is 0.110. The van der Waals surface area contributed by atoms with Crippen molar-refractivity contribution in [2.45, 2.75) is 26.2 Å². The number of benzene rings is 2. The maximum absolute atomic E-state index is 11.7. The minimum Gasteiger partial charge on any atom is -0.282 e. The molecule has 2 rings (SSSR count). The number of carbonyl (C=O) groups is 1. The largest absolute Gasteiger partial charge is 0.282 e. The fraction of sp³-hybridized carbons (Fsp3) is 0.267. The van der Waals surface area contributed by atoms with E-state index in [0.717, 1.165) is 11.1 Å². The Morgan fingerprint density at radius 3 is 2.29 bits per heavy atom. The Kier molecular flexibility index (Phi) is 3.25. The van der Waals surface area contributed by atoms with E-state index in [0.29, 0.717) is 0 Å². The van der Waals surface area contributed by atoms with Crippen LogP contribution in [0.25, 0.3) is 10.8 Å². The van der Waals surface area contributed by atoms with Gasteiger partial charge < -0.3 is 0 Å². The lowest BCUT2D eigenvalue weighted by Crippen LogP contribution is -2.16. The number of hydrogen-bond donors (Lipinski definition) is 0. The molecule has 0 fully saturated rings. The van der Waals surface area contributed by atoms with Crippen LogP contribution in [0.4, 0.5) is 0 Å². The molecule has 0 unspecified atom stereocenters. The molecule has 0 aromatic heterocycles. The molecule has 0 aliphatic carbocycles. The van der Waals surface area contributed by atoms with Crippen LogP contribution in [-0.4, -0.2) is 3.79 Å². The second-order valence-corrected chi connectivity index (χ2v) is 6.21. The van der Waals surface area contributed by atoms with E-state index in [1.807, 2.05) is 46.9 Å². The minimum absolute atomic E-state index is 0.0307. The number of carbonyl (C=O) groups excluding carboxylic acids is 1. The van der Waals surface area contributed by atoms with E-state index in [-0.39, 0.29) is 9.20 Å². The van der Waals surface area contributed by atoms with Crippen molar-refractivity contribution in [3.8, 4) is 0 Å². The van der Waals surface area contributed by atoms with Crippen LogP contribution >= 0.6 is 22.6 Å². The molecule has 0 radical (unpaired) electrons. The lowest BCUT2D eigenvalue weighted by Gasteiger charge is -2.24. The van der Waals surface area contributed by atoms with Crippen molar-refractivity contribution in [1.29, 1.82) is 0 Å². The summed E-state index contributed by atoms with van der Waals surface area (Å²) in [6.45, 7) is 6.45. The summed E-state index contributed by atoms with van der Waals surface area (Å²) >= 11 is 1.87. The number of rotatable bonds is 1. The van der Waals surface area contributed by atoms with Crippen LogP contribution in [0.3, 0.4) is 0 Å². The van der Waals surface area contributed by atoms with Gasteiger partial charge in [-0.1, -0.05) is 51.1 Å². The summed E-state index contributed by atoms with van der Waals surface area (Å²) in [7, 11) is 0. The molecule has 0 atom stereocenters. The van der Waals surface area contributed by atoms with Gasteiger partial charge in [0.25, 0.3) is 0 Å². The van der Waals surface area contributed by atoms with Crippen LogP contribution in [-0.2, 0) is 5.41 Å². The van der Waals surface area contributed by atoms with Crippen molar-refractivity contribution in [3.05, 3.63) is 47.5 Å². The van der Waals surface area contributed by atoms with Crippen LogP contribution in [0, 0.1) is 0 Å². The van der Waals surface area contributed by atoms with Gasteiger partial charge in [-0.3, -0.25) is 4.79 Å². The van der Waals surface area contributed by atoms with E-state index in [2.05, 4.69) is 32.9 Å². The molecule has 88 valence electrons. The van der Waals surface area contributed by atoms with Crippen molar-refractivity contribution in [2.24, 2.45) is 0 Å². The van der Waals surface area contributed by atoms with Crippen LogP contribution in [0.15, 0.2) is 36.4 Å². The molecule has 0 aliphatic heterocycles. The Hall–Kier alpha value is -0.900. The van der Waals surface area contributed by atoms with Gasteiger partial charge in [-0.25, -0.2) is 0 Å². The SMILES string of the molecule is CC(C)(C)c1c(C(=O)I)ccc2ccccc12. The summed E-state index contributed by atoms with van der Waals surface area (Å²) in [6, 6.07) is 12.2. The normalized spacial score (nSPS) is 11.8. The van der Waals surface area contributed by atoms with Crippen LogP contribution in [0.5, 0.6) is 0 Å². The Morgan fingerprint density at radius 1 is 1.06 bits per heavy atom. The van der Waals surface area contributed by atoms with Gasteiger partial charge in [-0.05, 0) is 27.8 Å². The van der Waals surface area contributed by atoms with Gasteiger partial charge in [0.1, 0.15) is 0 Å². The summed E-state index contributed by atoms with van der Waals surface area (Å²) in [6.07, 6.45) is 0. The van der Waals surface area contributed by atoms with Gasteiger partial charge in [0.05, 0.1) is 0 Å². The monoisotopic (exact) mass is 338 g/mol. The highest BCUT2D eigenvalue weighted by molar-refractivity contribution is 14.1. The van der Waals surface area contributed by atoms with E-state index in [9.17, 15) is 4.79 Å². The topological polar surface area (TPSA) is 17.1 Å². The Labute approximate surface area is 115 Å². The van der Waals surface area contributed by atoms with E-state index < -0.39 is 0 Å². The van der Waals surface area contributed by atoms with E-state index in [4.69, 9.17) is 0 Å². The highest BCUT2D eigenvalue weighted by atomic mass is 127. The average Bonchev–Trinajstić information content (AvgIpc) is 2.26. The molecule has 0 saturated heterocycles. The molecule has 1 nitrogen and oxygen atoms in total. The number of halogens is 1. The predicted molar refractivity (Wildman–Crippen MR) is 81.0 cm³/mol. The highest BCUT2D eigenvalue weighted by Crippen LogP contribution is 2.34. The molecular formula is C15H15IO. The highest BCUT2D eigenvalue weighted by Gasteiger charge is 2.22. The van der Waals surface area contributed by atoms with Gasteiger partial charge in [0.2, 0.25) is 3.79 Å². The third-order valence-electron chi connectivity index (χ3n) is 2.89. The fourth-order valence-electron chi connectivity index (χ4n) is 2.24. The Bertz CT molecular complexity index is 579. The van der Waals surface area contributed by atoms with Gasteiger partial charge in [-0.15, -0.1) is 0 Å². The maximum atomic E-state index is 11.7. The molecule has 0 saturated carbocycles. The van der Waals surface area contributed by atoms with Crippen molar-refractivity contribution < 1.29 is 4.79 Å². The minimum atomic E-state index is -0.0307. The molecule has 0 heterocycles. The third kappa shape index (κ3) is 2.37. The van der Waals surface area contributed by atoms with Crippen molar-refractivity contribution >= 4 is 37.2 Å². The zero-order chi connectivity index (χ0) is 12.6. The Balaban J connectivity index is 2.90. The first kappa shape index (κ1) is 12.6. The molecular weight excluding hydrogens is 323 g/mol. The second-order valence-electron chi connectivity index (χ2n) is 5.23. The third-order valence-corrected chi connectivity index (χ3v) is 3.47. The summed E-state index contributed by atoms with van der Waals surface area (Å²) in [4.78, 5) is 11.7. The number of hydrogen-bond acceptors (Lipinski definition) is 1. The average molecular weight is 338 g/mol. The van der Waals surface area contributed by atoms with Gasteiger partial charge in [-0.2, -0.15) is 0 Å². The Morgan fingerprint density at radius 2 is 1.71 bits per heavy atom. The van der Waals surface area contributed by atoms with Gasteiger partial charge in [0, 0.05) is 28.2 Å². The van der Waals surface area contributed by atoms with Crippen LogP contribution < -0.4 is 0 Å². The first-order valence-corrected chi connectivity index (χ1v) is 6.71. The van der Waals surface area contributed by atoms with Crippen LogP contribution in [0.2, 0.25) is 0 Å². The van der Waals surface area contributed by atoms with Gasteiger partial charge >= 0.3 is 0 Å². The van der Waals surface area contributed by atoms with Crippen molar-refractivity contribution in [2.75, 3.05) is 0 Å². The zero-order valence-corrected chi connectivity index (χ0v) is 12.4. The summed E-state index contributed by atoms with van der Waals surface area (Å²) in [5, 5.41) is 2.38. The lowest BCUT2D eigenvalue weighted by atomic mass is 9.81. The standard InChI is InChI=1S/C15H15IO/c1-15(2,3)13-11-7-5-4-6-10(11)8-9-12(13)14(16)17/h4-9H,1-3H3. The predicted octanol–water partition coefficient (Wildman–Crippen LogP) is 4.71. The first-order chi connectivity index (χ1) is 7.91. The van der Waals surface area contributed by atoms with Crippen LogP contribution in [0.1, 0.15) is 36.7 Å². The van der Waals surface area contributed by atoms with E-state index in [1.165, 1.54) is 10.8 Å². The van der Waals surface area contributed by atoms with Crippen molar-refractivity contribution in [1.82, 2.24) is 0 Å². The molecule has 0 amide bonds. The molecule has 0 N–H and O–H groups in total. The van der Waals surface area contributed by atoms with Gasteiger partial charge in [0.15, 0.2) is 0 Å². The van der Waals surface area contributed by atoms with E-state index >= 15 is 0 Å². The second kappa shape index (κ2) is 4.41. The maximum Gasteiger partial charge on any atom is 0.222 e. The summed E-state index contributed by atoms with van der Waals surface area (Å²) in [5.41, 5.74) is 1.95. The molecule has 2 aromatic carbocycles. The first-order valence-electron chi connectivity index (χ1n) is 5.63.